The minimum Gasteiger partial charge on any atom is -0.337 e. The van der Waals surface area contributed by atoms with Gasteiger partial charge in [0.25, 0.3) is 5.91 Å². The van der Waals surface area contributed by atoms with E-state index in [1.807, 2.05) is 11.5 Å². The maximum atomic E-state index is 14.2. The molecule has 0 saturated carbocycles. The van der Waals surface area contributed by atoms with Gasteiger partial charge >= 0.3 is 0 Å². The second-order valence-corrected chi connectivity index (χ2v) is 7.40. The van der Waals surface area contributed by atoms with E-state index < -0.39 is 17.2 Å². The first-order valence-electron chi connectivity index (χ1n) is 10.0. The van der Waals surface area contributed by atoms with Crippen molar-refractivity contribution in [2.24, 2.45) is 0 Å². The molecule has 2 aromatic heterocycles. The van der Waals surface area contributed by atoms with Gasteiger partial charge in [0, 0.05) is 37.3 Å². The summed E-state index contributed by atoms with van der Waals surface area (Å²) in [5.74, 6) is 0.244. The molecule has 156 valence electrons. The van der Waals surface area contributed by atoms with Crippen LogP contribution in [-0.2, 0) is 6.54 Å². The third-order valence-electron chi connectivity index (χ3n) is 5.52. The van der Waals surface area contributed by atoms with Crippen LogP contribution in [0, 0.1) is 12.7 Å². The molecule has 0 bridgehead atoms. The number of carbonyl (C=O) groups is 1. The van der Waals surface area contributed by atoms with E-state index in [1.165, 1.54) is 16.8 Å². The topological polar surface area (TPSA) is 85.9 Å². The quantitative estimate of drug-likeness (QED) is 0.659. The first-order chi connectivity index (χ1) is 14.5. The van der Waals surface area contributed by atoms with Gasteiger partial charge in [-0.2, -0.15) is 5.10 Å². The summed E-state index contributed by atoms with van der Waals surface area (Å²) in [4.78, 5) is 27.2. The van der Waals surface area contributed by atoms with Gasteiger partial charge in [-0.3, -0.25) is 9.59 Å². The van der Waals surface area contributed by atoms with E-state index in [0.29, 0.717) is 18.8 Å². The molecule has 0 aliphatic carbocycles. The number of rotatable bonds is 4. The number of likely N-dealkylation sites (tertiary alicyclic amines) is 1. The molecule has 30 heavy (non-hydrogen) atoms. The summed E-state index contributed by atoms with van der Waals surface area (Å²) >= 11 is 0. The fourth-order valence-electron chi connectivity index (χ4n) is 3.88. The molecule has 1 aromatic carbocycles. The summed E-state index contributed by atoms with van der Waals surface area (Å²) in [7, 11) is 0. The third kappa shape index (κ3) is 3.62. The summed E-state index contributed by atoms with van der Waals surface area (Å²) in [6, 6.07) is 7.45. The Morgan fingerprint density at radius 2 is 1.97 bits per heavy atom. The van der Waals surface area contributed by atoms with Crippen molar-refractivity contribution in [3.05, 3.63) is 69.9 Å². The van der Waals surface area contributed by atoms with Crippen LogP contribution in [0.15, 0.2) is 41.5 Å². The molecule has 1 fully saturated rings. The fraction of sp³-hybridized carbons (Fsp3) is 0.381. The van der Waals surface area contributed by atoms with Crippen molar-refractivity contribution in [3.63, 3.8) is 0 Å². The van der Waals surface area contributed by atoms with E-state index in [0.717, 1.165) is 25.2 Å². The highest BCUT2D eigenvalue weighted by molar-refractivity contribution is 5.92. The number of benzene rings is 1. The number of piperidine rings is 1. The van der Waals surface area contributed by atoms with Crippen LogP contribution >= 0.6 is 0 Å². The molecule has 1 amide bonds. The Kier molecular flexibility index (Phi) is 5.43. The average Bonchev–Trinajstić information content (AvgIpc) is 3.23. The Labute approximate surface area is 173 Å². The normalized spacial score (nSPS) is 14.8. The van der Waals surface area contributed by atoms with Crippen molar-refractivity contribution in [2.75, 3.05) is 13.1 Å². The fourth-order valence-corrected chi connectivity index (χ4v) is 3.88. The van der Waals surface area contributed by atoms with E-state index in [9.17, 15) is 14.0 Å². The van der Waals surface area contributed by atoms with Crippen LogP contribution in [-0.4, -0.2) is 48.4 Å². The van der Waals surface area contributed by atoms with Crippen molar-refractivity contribution in [3.8, 4) is 5.69 Å². The molecule has 0 spiro atoms. The van der Waals surface area contributed by atoms with Gasteiger partial charge in [-0.15, -0.1) is 10.2 Å². The highest BCUT2D eigenvalue weighted by Crippen LogP contribution is 2.27. The second kappa shape index (κ2) is 8.17. The van der Waals surface area contributed by atoms with Crippen molar-refractivity contribution < 1.29 is 9.18 Å². The predicted octanol–water partition coefficient (Wildman–Crippen LogP) is 2.31. The Morgan fingerprint density at radius 3 is 2.67 bits per heavy atom. The highest BCUT2D eigenvalue weighted by Gasteiger charge is 2.29. The summed E-state index contributed by atoms with van der Waals surface area (Å²) in [6.45, 7) is 5.48. The number of hydrogen-bond acceptors (Lipinski definition) is 5. The minimum absolute atomic E-state index is 0.195. The van der Waals surface area contributed by atoms with Gasteiger partial charge in [-0.1, -0.05) is 12.1 Å². The maximum absolute atomic E-state index is 14.2. The lowest BCUT2D eigenvalue weighted by Crippen LogP contribution is -2.41. The van der Waals surface area contributed by atoms with Crippen LogP contribution in [0.2, 0.25) is 0 Å². The lowest BCUT2D eigenvalue weighted by atomic mass is 9.95. The highest BCUT2D eigenvalue weighted by atomic mass is 19.1. The molecular weight excluding hydrogens is 387 g/mol. The number of para-hydroxylation sites is 1. The summed E-state index contributed by atoms with van der Waals surface area (Å²) in [6.07, 6.45) is 3.18. The minimum atomic E-state index is -0.476. The summed E-state index contributed by atoms with van der Waals surface area (Å²) < 4.78 is 17.6. The zero-order chi connectivity index (χ0) is 21.3. The molecule has 3 aromatic rings. The van der Waals surface area contributed by atoms with Gasteiger partial charge in [0.15, 0.2) is 5.69 Å². The van der Waals surface area contributed by atoms with E-state index in [4.69, 9.17) is 0 Å². The molecule has 0 unspecified atom stereocenters. The van der Waals surface area contributed by atoms with E-state index in [1.54, 1.807) is 36.4 Å². The molecule has 4 rings (SSSR count). The molecular formula is C21H23FN6O2. The van der Waals surface area contributed by atoms with Crippen molar-refractivity contribution in [1.29, 1.82) is 0 Å². The lowest BCUT2D eigenvalue weighted by molar-refractivity contribution is 0.0700. The molecule has 0 atom stereocenters. The number of halogens is 1. The Morgan fingerprint density at radius 1 is 1.23 bits per heavy atom. The summed E-state index contributed by atoms with van der Waals surface area (Å²) in [5, 5.41) is 12.4. The molecule has 3 heterocycles. The SMILES string of the molecule is CCn1cnnc1C1CCN(C(=O)c2nn(-c3ccccc3F)c(C)cc2=O)CC1. The van der Waals surface area contributed by atoms with Crippen molar-refractivity contribution >= 4 is 5.91 Å². The van der Waals surface area contributed by atoms with E-state index in [-0.39, 0.29) is 17.3 Å². The van der Waals surface area contributed by atoms with Crippen LogP contribution < -0.4 is 5.43 Å². The molecule has 1 aliphatic heterocycles. The standard InChI is InChI=1S/C21H23FN6O2/c1-3-26-13-23-24-20(26)15-8-10-27(11-9-15)21(30)19-18(29)12-14(2)28(25-19)17-7-5-4-6-16(17)22/h4-7,12-13,15H,3,8-11H2,1-2H3. The Bertz CT molecular complexity index is 1130. The Hall–Kier alpha value is -3.36. The van der Waals surface area contributed by atoms with Crippen LogP contribution in [0.4, 0.5) is 4.39 Å². The zero-order valence-corrected chi connectivity index (χ0v) is 17.0. The van der Waals surface area contributed by atoms with Crippen molar-refractivity contribution in [2.45, 2.75) is 39.2 Å². The molecule has 0 N–H and O–H groups in total. The van der Waals surface area contributed by atoms with Gasteiger partial charge in [0.1, 0.15) is 23.7 Å². The first-order valence-corrected chi connectivity index (χ1v) is 10.0. The van der Waals surface area contributed by atoms with Gasteiger partial charge in [-0.05, 0) is 38.8 Å². The largest absolute Gasteiger partial charge is 0.337 e. The molecule has 9 heteroatoms. The van der Waals surface area contributed by atoms with Crippen molar-refractivity contribution in [1.82, 2.24) is 29.4 Å². The number of aromatic nitrogens is 5. The Balaban J connectivity index is 1.56. The maximum Gasteiger partial charge on any atom is 0.278 e. The van der Waals surface area contributed by atoms with Crippen LogP contribution in [0.25, 0.3) is 5.69 Å². The van der Waals surface area contributed by atoms with Crippen LogP contribution in [0.3, 0.4) is 0 Å². The van der Waals surface area contributed by atoms with Gasteiger partial charge in [0.05, 0.1) is 0 Å². The van der Waals surface area contributed by atoms with Crippen LogP contribution in [0.5, 0.6) is 0 Å². The summed E-state index contributed by atoms with van der Waals surface area (Å²) in [5.41, 5.74) is -0.00196. The van der Waals surface area contributed by atoms with E-state index in [2.05, 4.69) is 15.3 Å². The predicted molar refractivity (Wildman–Crippen MR) is 108 cm³/mol. The number of amides is 1. The number of aryl methyl sites for hydroxylation is 2. The van der Waals surface area contributed by atoms with Gasteiger partial charge in [0.2, 0.25) is 5.43 Å². The smallest absolute Gasteiger partial charge is 0.278 e. The number of hydrogen-bond donors (Lipinski definition) is 0. The average molecular weight is 410 g/mol. The zero-order valence-electron chi connectivity index (χ0n) is 17.0. The first kappa shape index (κ1) is 19.9. The third-order valence-corrected chi connectivity index (χ3v) is 5.52. The molecule has 1 aliphatic rings. The number of nitrogens with zero attached hydrogens (tertiary/aromatic N) is 6. The van der Waals surface area contributed by atoms with E-state index >= 15 is 0 Å². The monoisotopic (exact) mass is 410 g/mol. The van der Waals surface area contributed by atoms with Gasteiger partial charge in [-0.25, -0.2) is 9.07 Å². The van der Waals surface area contributed by atoms with Crippen LogP contribution in [0.1, 0.15) is 47.7 Å². The number of carbonyl (C=O) groups excluding carboxylic acids is 1. The molecule has 8 nitrogen and oxygen atoms in total. The second-order valence-electron chi connectivity index (χ2n) is 7.40. The molecule has 1 saturated heterocycles. The lowest BCUT2D eigenvalue weighted by Gasteiger charge is -2.31. The van der Waals surface area contributed by atoms with Gasteiger partial charge < -0.3 is 9.47 Å². The molecule has 0 radical (unpaired) electrons.